The number of nitrogens with one attached hydrogen (secondary N) is 1. The van der Waals surface area contributed by atoms with Crippen LogP contribution >= 0.6 is 23.3 Å². The zero-order valence-corrected chi connectivity index (χ0v) is 15.2. The Morgan fingerprint density at radius 1 is 1.35 bits per heavy atom. The van der Waals surface area contributed by atoms with E-state index >= 15 is 0 Å². The van der Waals surface area contributed by atoms with Gasteiger partial charge in [-0.2, -0.15) is 4.98 Å². The number of aromatic nitrogens is 5. The predicted octanol–water partition coefficient (Wildman–Crippen LogP) is 3.90. The molecule has 0 fully saturated rings. The molecule has 0 unspecified atom stereocenters. The molecule has 0 aliphatic carbocycles. The van der Waals surface area contributed by atoms with Crippen LogP contribution in [0.2, 0.25) is 0 Å². The third kappa shape index (κ3) is 3.46. The molecule has 10 heteroatoms. The van der Waals surface area contributed by atoms with Gasteiger partial charge in [0.2, 0.25) is 0 Å². The third-order valence-electron chi connectivity index (χ3n) is 3.47. The van der Waals surface area contributed by atoms with Crippen molar-refractivity contribution in [2.45, 2.75) is 12.7 Å². The van der Waals surface area contributed by atoms with Crippen molar-refractivity contribution in [2.75, 3.05) is 4.83 Å². The second-order valence-corrected chi connectivity index (χ2v) is 7.09. The summed E-state index contributed by atoms with van der Waals surface area (Å²) in [5.41, 5.74) is 1.23. The first-order chi connectivity index (χ1) is 12.7. The van der Waals surface area contributed by atoms with Crippen LogP contribution in [0.25, 0.3) is 22.2 Å². The summed E-state index contributed by atoms with van der Waals surface area (Å²) in [5.74, 6) is 1.40. The van der Waals surface area contributed by atoms with Crippen LogP contribution in [0.3, 0.4) is 0 Å². The lowest BCUT2D eigenvalue weighted by Crippen LogP contribution is -2.07. The van der Waals surface area contributed by atoms with Crippen molar-refractivity contribution < 1.29 is 8.91 Å². The smallest absolute Gasteiger partial charge is 0.260 e. The van der Waals surface area contributed by atoms with Crippen molar-refractivity contribution in [3.8, 4) is 22.2 Å². The van der Waals surface area contributed by atoms with Crippen LogP contribution < -0.4 is 4.83 Å². The Balaban J connectivity index is 1.42. The number of hydrogen-bond donors (Lipinski definition) is 1. The van der Waals surface area contributed by atoms with Gasteiger partial charge < -0.3 is 4.52 Å². The fourth-order valence-electron chi connectivity index (χ4n) is 2.27. The zero-order valence-electron chi connectivity index (χ0n) is 13.6. The molecule has 0 saturated carbocycles. The van der Waals surface area contributed by atoms with Crippen molar-refractivity contribution in [1.29, 1.82) is 0 Å². The van der Waals surface area contributed by atoms with Gasteiger partial charge in [0, 0.05) is 0 Å². The normalized spacial score (nSPS) is 11.0. The first-order valence-corrected chi connectivity index (χ1v) is 9.48. The average Bonchev–Trinajstić information content (AvgIpc) is 3.37. The van der Waals surface area contributed by atoms with E-state index in [-0.39, 0.29) is 11.7 Å². The summed E-state index contributed by atoms with van der Waals surface area (Å²) in [7, 11) is 0. The first-order valence-electron chi connectivity index (χ1n) is 7.61. The molecule has 0 aliphatic heterocycles. The van der Waals surface area contributed by atoms with Gasteiger partial charge in [-0.3, -0.25) is 4.83 Å². The lowest BCUT2D eigenvalue weighted by molar-refractivity contribution is 0.422. The summed E-state index contributed by atoms with van der Waals surface area (Å²) in [4.78, 5) is 8.38. The van der Waals surface area contributed by atoms with E-state index in [4.69, 9.17) is 4.52 Å². The van der Waals surface area contributed by atoms with Crippen LogP contribution in [0, 0.1) is 12.7 Å². The van der Waals surface area contributed by atoms with E-state index in [1.165, 1.54) is 18.0 Å². The largest absolute Gasteiger partial charge is 0.334 e. The molecular weight excluding hydrogens is 375 g/mol. The second kappa shape index (κ2) is 7.26. The standard InChI is InChI=1S/C16H13FN6OS2/c1-10-4-5-12(17)11(7-10)16-19-14(21-24-16)8-26-22-23-9-18-20-15(23)13-3-2-6-25-13/h2-7,9,22H,8H2,1H3. The fourth-order valence-corrected chi connectivity index (χ4v) is 3.56. The summed E-state index contributed by atoms with van der Waals surface area (Å²) < 4.78 is 20.8. The van der Waals surface area contributed by atoms with Gasteiger partial charge in [-0.1, -0.05) is 22.9 Å². The molecule has 4 rings (SSSR count). The van der Waals surface area contributed by atoms with Gasteiger partial charge >= 0.3 is 0 Å². The Kier molecular flexibility index (Phi) is 4.67. The van der Waals surface area contributed by atoms with Gasteiger partial charge in [0.25, 0.3) is 5.89 Å². The lowest BCUT2D eigenvalue weighted by Gasteiger charge is -2.06. The van der Waals surface area contributed by atoms with Gasteiger partial charge in [0.1, 0.15) is 12.1 Å². The summed E-state index contributed by atoms with van der Waals surface area (Å²) in [6.07, 6.45) is 1.59. The molecule has 3 aromatic heterocycles. The van der Waals surface area contributed by atoms with Crippen LogP contribution in [0.15, 0.2) is 46.6 Å². The lowest BCUT2D eigenvalue weighted by atomic mass is 10.1. The maximum Gasteiger partial charge on any atom is 0.260 e. The van der Waals surface area contributed by atoms with Gasteiger partial charge in [-0.15, -0.1) is 21.5 Å². The maximum absolute atomic E-state index is 13.9. The van der Waals surface area contributed by atoms with E-state index in [0.717, 1.165) is 16.3 Å². The van der Waals surface area contributed by atoms with Gasteiger partial charge in [-0.25, -0.2) is 9.07 Å². The highest BCUT2D eigenvalue weighted by atomic mass is 32.2. The Hall–Kier alpha value is -2.72. The van der Waals surface area contributed by atoms with Crippen molar-refractivity contribution in [2.24, 2.45) is 0 Å². The minimum absolute atomic E-state index is 0.172. The molecule has 4 aromatic rings. The minimum Gasteiger partial charge on any atom is -0.334 e. The van der Waals surface area contributed by atoms with E-state index in [9.17, 15) is 4.39 Å². The Labute approximate surface area is 156 Å². The molecule has 1 aromatic carbocycles. The highest BCUT2D eigenvalue weighted by Gasteiger charge is 2.14. The van der Waals surface area contributed by atoms with Gasteiger partial charge in [-0.05, 0) is 42.5 Å². The predicted molar refractivity (Wildman–Crippen MR) is 98.4 cm³/mol. The van der Waals surface area contributed by atoms with Crippen molar-refractivity contribution >= 4 is 23.3 Å². The number of thiophene rings is 1. The average molecular weight is 388 g/mol. The Bertz CT molecular complexity index is 1010. The maximum atomic E-state index is 13.9. The second-order valence-electron chi connectivity index (χ2n) is 5.38. The number of hydrogen-bond acceptors (Lipinski definition) is 8. The van der Waals surface area contributed by atoms with Crippen LogP contribution in [0.5, 0.6) is 0 Å². The molecule has 0 spiro atoms. The molecule has 0 bridgehead atoms. The quantitative estimate of drug-likeness (QED) is 0.502. The van der Waals surface area contributed by atoms with Crippen molar-refractivity contribution in [1.82, 2.24) is 25.0 Å². The molecule has 0 radical (unpaired) electrons. The van der Waals surface area contributed by atoms with E-state index in [2.05, 4.69) is 25.2 Å². The van der Waals surface area contributed by atoms with Crippen molar-refractivity contribution in [3.63, 3.8) is 0 Å². The summed E-state index contributed by atoms with van der Waals surface area (Å²) in [5, 5.41) is 13.9. The number of benzene rings is 1. The molecule has 0 amide bonds. The van der Waals surface area contributed by atoms with Crippen LogP contribution in [-0.4, -0.2) is 25.0 Å². The van der Waals surface area contributed by atoms with Crippen LogP contribution in [-0.2, 0) is 5.75 Å². The topological polar surface area (TPSA) is 81.7 Å². The monoisotopic (exact) mass is 388 g/mol. The molecule has 0 atom stereocenters. The molecule has 132 valence electrons. The molecular formula is C16H13FN6OS2. The molecule has 0 saturated heterocycles. The zero-order chi connectivity index (χ0) is 17.9. The van der Waals surface area contributed by atoms with Crippen LogP contribution in [0.4, 0.5) is 4.39 Å². The van der Waals surface area contributed by atoms with Crippen LogP contribution in [0.1, 0.15) is 11.4 Å². The highest BCUT2D eigenvalue weighted by Crippen LogP contribution is 2.24. The van der Waals surface area contributed by atoms with E-state index in [1.807, 2.05) is 24.4 Å². The third-order valence-corrected chi connectivity index (χ3v) is 5.07. The Morgan fingerprint density at radius 2 is 2.27 bits per heavy atom. The molecule has 1 N–H and O–H groups in total. The van der Waals surface area contributed by atoms with E-state index < -0.39 is 0 Å². The number of aryl methyl sites for hydroxylation is 1. The molecule has 26 heavy (non-hydrogen) atoms. The van der Waals surface area contributed by atoms with Gasteiger partial charge in [0.15, 0.2) is 11.6 Å². The summed E-state index contributed by atoms with van der Waals surface area (Å²) in [6, 6.07) is 8.70. The van der Waals surface area contributed by atoms with E-state index in [1.54, 1.807) is 34.5 Å². The SMILES string of the molecule is Cc1ccc(F)c(-c2nc(CSNn3cnnc3-c3cccs3)no2)c1. The number of nitrogens with zero attached hydrogens (tertiary/aromatic N) is 5. The first kappa shape index (κ1) is 16.7. The fraction of sp³-hybridized carbons (Fsp3) is 0.125. The summed E-state index contributed by atoms with van der Waals surface area (Å²) in [6.45, 7) is 1.88. The highest BCUT2D eigenvalue weighted by molar-refractivity contribution is 7.99. The molecule has 3 heterocycles. The number of halogens is 1. The van der Waals surface area contributed by atoms with E-state index in [0.29, 0.717) is 17.1 Å². The minimum atomic E-state index is -0.387. The molecule has 7 nitrogen and oxygen atoms in total. The van der Waals surface area contributed by atoms with Gasteiger partial charge in [0.05, 0.1) is 16.2 Å². The van der Waals surface area contributed by atoms with Crippen molar-refractivity contribution in [3.05, 3.63) is 59.2 Å². The Morgan fingerprint density at radius 3 is 3.12 bits per heavy atom. The summed E-state index contributed by atoms with van der Waals surface area (Å²) >= 11 is 2.93. The molecule has 0 aliphatic rings. The number of rotatable bonds is 6.